The third-order valence-electron chi connectivity index (χ3n) is 5.59. The largest absolute Gasteiger partial charge is 0.366 e. The van der Waals surface area contributed by atoms with Crippen LogP contribution in [-0.4, -0.2) is 26.5 Å². The first-order valence-electron chi connectivity index (χ1n) is 11.3. The topological polar surface area (TPSA) is 120 Å². The number of pyridine rings is 1. The summed E-state index contributed by atoms with van der Waals surface area (Å²) in [4.78, 5) is 42.7. The number of aryl methyl sites for hydroxylation is 2. The maximum atomic E-state index is 13.6. The minimum Gasteiger partial charge on any atom is -0.366 e. The molecule has 2 aromatic carbocycles. The number of benzene rings is 2. The molecule has 0 aliphatic heterocycles. The molecule has 0 unspecified atom stereocenters. The standard InChI is InChI=1S/C27H25N5O3/c1-2-32-27(35)25(30-21-10-6-9-20(17-21)26(28)34)23(24(31-32)19-13-15-29-16-14-19)22(33)12-11-18-7-4-3-5-8-18/h3-10,13-17,30H,2,11-12H2,1H3,(H2,28,34). The molecule has 176 valence electrons. The van der Waals surface area contributed by atoms with Crippen LogP contribution in [0.5, 0.6) is 0 Å². The number of carbonyl (C=O) groups excluding carboxylic acids is 2. The van der Waals surface area contributed by atoms with Gasteiger partial charge in [0.2, 0.25) is 5.91 Å². The molecule has 8 nitrogen and oxygen atoms in total. The Morgan fingerprint density at radius 1 is 1.00 bits per heavy atom. The van der Waals surface area contributed by atoms with E-state index >= 15 is 0 Å². The van der Waals surface area contributed by atoms with E-state index in [-0.39, 0.29) is 29.0 Å². The summed E-state index contributed by atoms with van der Waals surface area (Å²) < 4.78 is 1.31. The molecular formula is C27H25N5O3. The van der Waals surface area contributed by atoms with E-state index in [0.29, 0.717) is 29.9 Å². The predicted molar refractivity (Wildman–Crippen MR) is 135 cm³/mol. The van der Waals surface area contributed by atoms with E-state index in [1.54, 1.807) is 55.7 Å². The molecule has 0 saturated carbocycles. The van der Waals surface area contributed by atoms with Gasteiger partial charge in [-0.15, -0.1) is 0 Å². The van der Waals surface area contributed by atoms with Crippen LogP contribution >= 0.6 is 0 Å². The van der Waals surface area contributed by atoms with Gasteiger partial charge in [0.25, 0.3) is 5.56 Å². The molecule has 0 aliphatic rings. The van der Waals surface area contributed by atoms with Crippen LogP contribution in [0.25, 0.3) is 11.3 Å². The third kappa shape index (κ3) is 5.33. The summed E-state index contributed by atoms with van der Waals surface area (Å²) in [5, 5.41) is 7.61. The molecule has 0 saturated heterocycles. The van der Waals surface area contributed by atoms with Gasteiger partial charge in [0, 0.05) is 42.2 Å². The number of carbonyl (C=O) groups is 2. The van der Waals surface area contributed by atoms with Gasteiger partial charge in [0.1, 0.15) is 11.4 Å². The number of aromatic nitrogens is 3. The lowest BCUT2D eigenvalue weighted by molar-refractivity contribution is 0.0980. The second-order valence-corrected chi connectivity index (χ2v) is 7.93. The van der Waals surface area contributed by atoms with Gasteiger partial charge in [-0.3, -0.25) is 19.4 Å². The SMILES string of the molecule is CCn1nc(-c2ccncc2)c(C(=O)CCc2ccccc2)c(Nc2cccc(C(N)=O)c2)c1=O. The third-order valence-corrected chi connectivity index (χ3v) is 5.59. The molecule has 0 radical (unpaired) electrons. The average Bonchev–Trinajstić information content (AvgIpc) is 2.89. The molecule has 0 spiro atoms. The van der Waals surface area contributed by atoms with Crippen molar-refractivity contribution in [3.05, 3.63) is 106 Å². The van der Waals surface area contributed by atoms with Crippen molar-refractivity contribution in [1.29, 1.82) is 0 Å². The number of primary amides is 1. The van der Waals surface area contributed by atoms with Crippen LogP contribution in [-0.2, 0) is 13.0 Å². The number of anilines is 2. The molecule has 0 fully saturated rings. The van der Waals surface area contributed by atoms with Crippen LogP contribution in [0.15, 0.2) is 83.9 Å². The molecule has 3 N–H and O–H groups in total. The van der Waals surface area contributed by atoms with Gasteiger partial charge in [-0.2, -0.15) is 5.10 Å². The summed E-state index contributed by atoms with van der Waals surface area (Å²) in [5.74, 6) is -0.812. The fraction of sp³-hybridized carbons (Fsp3) is 0.148. The predicted octanol–water partition coefficient (Wildman–Crippen LogP) is 3.98. The van der Waals surface area contributed by atoms with Crippen LogP contribution < -0.4 is 16.6 Å². The summed E-state index contributed by atoms with van der Waals surface area (Å²) in [6.45, 7) is 2.12. The fourth-order valence-corrected chi connectivity index (χ4v) is 3.81. The quantitative estimate of drug-likeness (QED) is 0.359. The summed E-state index contributed by atoms with van der Waals surface area (Å²) in [6.07, 6.45) is 3.93. The van der Waals surface area contributed by atoms with Crippen LogP contribution in [0.2, 0.25) is 0 Å². The highest BCUT2D eigenvalue weighted by molar-refractivity contribution is 6.06. The van der Waals surface area contributed by atoms with Crippen molar-refractivity contribution >= 4 is 23.1 Å². The van der Waals surface area contributed by atoms with Crippen molar-refractivity contribution in [3.63, 3.8) is 0 Å². The molecular weight excluding hydrogens is 442 g/mol. The van der Waals surface area contributed by atoms with Gasteiger partial charge < -0.3 is 11.1 Å². The van der Waals surface area contributed by atoms with Gasteiger partial charge in [0.05, 0.1) is 5.56 Å². The van der Waals surface area contributed by atoms with E-state index in [4.69, 9.17) is 5.73 Å². The molecule has 0 bridgehead atoms. The smallest absolute Gasteiger partial charge is 0.291 e. The molecule has 4 aromatic rings. The first-order chi connectivity index (χ1) is 17.0. The molecule has 2 aromatic heterocycles. The number of amides is 1. The second-order valence-electron chi connectivity index (χ2n) is 7.93. The lowest BCUT2D eigenvalue weighted by Gasteiger charge is -2.17. The molecule has 1 amide bonds. The highest BCUT2D eigenvalue weighted by atomic mass is 16.1. The Kier molecular flexibility index (Phi) is 7.11. The lowest BCUT2D eigenvalue weighted by atomic mass is 9.97. The van der Waals surface area contributed by atoms with Crippen LogP contribution in [0, 0.1) is 0 Å². The molecule has 0 atom stereocenters. The Bertz CT molecular complexity index is 1420. The van der Waals surface area contributed by atoms with Gasteiger partial charge in [-0.1, -0.05) is 36.4 Å². The first-order valence-corrected chi connectivity index (χ1v) is 11.3. The number of hydrogen-bond donors (Lipinski definition) is 2. The maximum Gasteiger partial charge on any atom is 0.291 e. The minimum atomic E-state index is -0.592. The number of nitrogens with zero attached hydrogens (tertiary/aromatic N) is 3. The monoisotopic (exact) mass is 467 g/mol. The number of Topliss-reactive ketones (excluding diaryl/α,β-unsaturated/α-hetero) is 1. The Morgan fingerprint density at radius 3 is 2.43 bits per heavy atom. The lowest BCUT2D eigenvalue weighted by Crippen LogP contribution is -2.28. The summed E-state index contributed by atoms with van der Waals surface area (Å²) >= 11 is 0. The Morgan fingerprint density at radius 2 is 1.74 bits per heavy atom. The Hall–Kier alpha value is -4.59. The number of ketones is 1. The van der Waals surface area contributed by atoms with Crippen molar-refractivity contribution in [3.8, 4) is 11.3 Å². The van der Waals surface area contributed by atoms with Crippen LogP contribution in [0.1, 0.15) is 39.6 Å². The highest BCUT2D eigenvalue weighted by Crippen LogP contribution is 2.29. The second kappa shape index (κ2) is 10.6. The summed E-state index contributed by atoms with van der Waals surface area (Å²) in [7, 11) is 0. The van der Waals surface area contributed by atoms with Crippen LogP contribution in [0.3, 0.4) is 0 Å². The number of nitrogens with two attached hydrogens (primary N) is 1. The highest BCUT2D eigenvalue weighted by Gasteiger charge is 2.24. The van der Waals surface area contributed by atoms with Crippen molar-refractivity contribution in [2.75, 3.05) is 5.32 Å². The van der Waals surface area contributed by atoms with Crippen molar-refractivity contribution in [2.45, 2.75) is 26.3 Å². The maximum absolute atomic E-state index is 13.6. The normalized spacial score (nSPS) is 10.7. The zero-order valence-corrected chi connectivity index (χ0v) is 19.3. The van der Waals surface area contributed by atoms with Gasteiger partial charge in [-0.05, 0) is 49.2 Å². The van der Waals surface area contributed by atoms with Crippen molar-refractivity contribution < 1.29 is 9.59 Å². The molecule has 8 heteroatoms. The van der Waals surface area contributed by atoms with E-state index in [1.165, 1.54) is 4.68 Å². The van der Waals surface area contributed by atoms with Crippen LogP contribution in [0.4, 0.5) is 11.4 Å². The number of hydrogen-bond acceptors (Lipinski definition) is 6. The molecule has 0 aliphatic carbocycles. The van der Waals surface area contributed by atoms with Gasteiger partial charge in [0.15, 0.2) is 5.78 Å². The zero-order valence-electron chi connectivity index (χ0n) is 19.3. The van der Waals surface area contributed by atoms with E-state index < -0.39 is 11.5 Å². The molecule has 2 heterocycles. The van der Waals surface area contributed by atoms with Gasteiger partial charge >= 0.3 is 0 Å². The minimum absolute atomic E-state index is 0.105. The molecule has 4 rings (SSSR count). The first kappa shape index (κ1) is 23.6. The van der Waals surface area contributed by atoms with E-state index in [9.17, 15) is 14.4 Å². The average molecular weight is 468 g/mol. The number of rotatable bonds is 9. The zero-order chi connectivity index (χ0) is 24.8. The summed E-state index contributed by atoms with van der Waals surface area (Å²) in [6, 6.07) is 19.7. The fourth-order valence-electron chi connectivity index (χ4n) is 3.81. The van der Waals surface area contributed by atoms with E-state index in [2.05, 4.69) is 15.4 Å². The number of nitrogens with one attached hydrogen (secondary N) is 1. The van der Waals surface area contributed by atoms with E-state index in [1.807, 2.05) is 30.3 Å². The molecule has 35 heavy (non-hydrogen) atoms. The van der Waals surface area contributed by atoms with Crippen molar-refractivity contribution in [1.82, 2.24) is 14.8 Å². The Balaban J connectivity index is 1.85. The Labute approximate surface area is 202 Å². The van der Waals surface area contributed by atoms with E-state index in [0.717, 1.165) is 5.56 Å². The van der Waals surface area contributed by atoms with Gasteiger partial charge in [-0.25, -0.2) is 4.68 Å². The van der Waals surface area contributed by atoms with Crippen molar-refractivity contribution in [2.24, 2.45) is 5.73 Å². The summed E-state index contributed by atoms with van der Waals surface area (Å²) in [5.41, 5.74) is 8.11.